The summed E-state index contributed by atoms with van der Waals surface area (Å²) in [6.45, 7) is 2.60. The summed E-state index contributed by atoms with van der Waals surface area (Å²) in [7, 11) is 0. The van der Waals surface area contributed by atoms with Crippen molar-refractivity contribution in [3.05, 3.63) is 28.5 Å². The summed E-state index contributed by atoms with van der Waals surface area (Å²) >= 11 is 5.94. The first kappa shape index (κ1) is 14.3. The van der Waals surface area contributed by atoms with Gasteiger partial charge in [0.2, 0.25) is 0 Å². The van der Waals surface area contributed by atoms with E-state index in [1.54, 1.807) is 12.1 Å². The normalized spacial score (nSPS) is 15.7. The molecule has 1 aromatic rings. The highest BCUT2D eigenvalue weighted by molar-refractivity contribution is 6.29. The SMILES string of the molecule is CCCc1cc(C(=O)OCC2CCCC2)cc(Cl)n1. The maximum atomic E-state index is 12.0. The van der Waals surface area contributed by atoms with Crippen LogP contribution in [0.1, 0.15) is 55.1 Å². The number of carbonyl (C=O) groups is 1. The number of pyridine rings is 1. The average Bonchev–Trinajstić information content (AvgIpc) is 2.88. The summed E-state index contributed by atoms with van der Waals surface area (Å²) in [6, 6.07) is 3.37. The molecule has 0 radical (unpaired) electrons. The largest absolute Gasteiger partial charge is 0.462 e. The number of nitrogens with zero attached hydrogens (tertiary/aromatic N) is 1. The van der Waals surface area contributed by atoms with Crippen molar-refractivity contribution in [2.45, 2.75) is 45.4 Å². The Labute approximate surface area is 119 Å². The van der Waals surface area contributed by atoms with Crippen LogP contribution in [0.3, 0.4) is 0 Å². The Morgan fingerprint density at radius 3 is 2.84 bits per heavy atom. The molecule has 0 bridgehead atoms. The van der Waals surface area contributed by atoms with Crippen molar-refractivity contribution in [2.75, 3.05) is 6.61 Å². The Morgan fingerprint density at radius 1 is 1.42 bits per heavy atom. The van der Waals surface area contributed by atoms with Crippen molar-refractivity contribution < 1.29 is 9.53 Å². The van der Waals surface area contributed by atoms with E-state index in [-0.39, 0.29) is 5.97 Å². The van der Waals surface area contributed by atoms with E-state index in [9.17, 15) is 4.79 Å². The van der Waals surface area contributed by atoms with Crippen LogP contribution in [-0.4, -0.2) is 17.6 Å². The maximum Gasteiger partial charge on any atom is 0.338 e. The van der Waals surface area contributed by atoms with Gasteiger partial charge >= 0.3 is 5.97 Å². The lowest BCUT2D eigenvalue weighted by Crippen LogP contribution is -2.12. The molecule has 1 heterocycles. The van der Waals surface area contributed by atoms with E-state index in [0.717, 1.165) is 18.5 Å². The molecule has 0 aromatic carbocycles. The number of esters is 1. The molecule has 1 aromatic heterocycles. The van der Waals surface area contributed by atoms with Crippen LogP contribution in [0.4, 0.5) is 0 Å². The van der Waals surface area contributed by atoms with Gasteiger partial charge in [-0.3, -0.25) is 0 Å². The first-order valence-electron chi connectivity index (χ1n) is 7.02. The van der Waals surface area contributed by atoms with E-state index in [4.69, 9.17) is 16.3 Å². The van der Waals surface area contributed by atoms with E-state index < -0.39 is 0 Å². The monoisotopic (exact) mass is 281 g/mol. The molecule has 0 saturated heterocycles. The standard InChI is InChI=1S/C15H20ClNO2/c1-2-5-13-8-12(9-14(16)17-13)15(18)19-10-11-6-3-4-7-11/h8-9,11H,2-7,10H2,1H3. The first-order chi connectivity index (χ1) is 9.19. The van der Waals surface area contributed by atoms with Gasteiger partial charge in [-0.25, -0.2) is 9.78 Å². The number of hydrogen-bond donors (Lipinski definition) is 0. The molecule has 4 heteroatoms. The van der Waals surface area contributed by atoms with Gasteiger partial charge in [0.1, 0.15) is 5.15 Å². The Kier molecular flexibility index (Phi) is 5.20. The third kappa shape index (κ3) is 4.20. The molecule has 0 atom stereocenters. The van der Waals surface area contributed by atoms with Gasteiger partial charge in [0.05, 0.1) is 12.2 Å². The molecule has 0 unspecified atom stereocenters. The van der Waals surface area contributed by atoms with E-state index in [2.05, 4.69) is 11.9 Å². The Balaban J connectivity index is 1.97. The topological polar surface area (TPSA) is 39.2 Å². The summed E-state index contributed by atoms with van der Waals surface area (Å²) in [5.41, 5.74) is 1.37. The Morgan fingerprint density at radius 2 is 2.16 bits per heavy atom. The summed E-state index contributed by atoms with van der Waals surface area (Å²) in [6.07, 6.45) is 6.65. The van der Waals surface area contributed by atoms with Gasteiger partial charge in [0.25, 0.3) is 0 Å². The van der Waals surface area contributed by atoms with Crippen molar-refractivity contribution in [1.29, 1.82) is 0 Å². The summed E-state index contributed by atoms with van der Waals surface area (Å²) < 4.78 is 5.37. The smallest absolute Gasteiger partial charge is 0.338 e. The molecule has 2 rings (SSSR count). The van der Waals surface area contributed by atoms with E-state index >= 15 is 0 Å². The Bertz CT molecular complexity index is 442. The molecule has 1 aliphatic carbocycles. The quantitative estimate of drug-likeness (QED) is 0.604. The highest BCUT2D eigenvalue weighted by Crippen LogP contribution is 2.25. The van der Waals surface area contributed by atoms with Crippen LogP contribution in [0.5, 0.6) is 0 Å². The molecule has 104 valence electrons. The molecule has 19 heavy (non-hydrogen) atoms. The number of halogens is 1. The number of aryl methyl sites for hydroxylation is 1. The zero-order valence-electron chi connectivity index (χ0n) is 11.3. The van der Waals surface area contributed by atoms with Crippen molar-refractivity contribution in [3.8, 4) is 0 Å². The molecule has 1 saturated carbocycles. The van der Waals surface area contributed by atoms with Crippen LogP contribution in [0.15, 0.2) is 12.1 Å². The number of aromatic nitrogens is 1. The minimum Gasteiger partial charge on any atom is -0.462 e. The lowest BCUT2D eigenvalue weighted by atomic mass is 10.1. The van der Waals surface area contributed by atoms with Crippen LogP contribution in [0, 0.1) is 5.92 Å². The van der Waals surface area contributed by atoms with Gasteiger partial charge in [0.15, 0.2) is 0 Å². The van der Waals surface area contributed by atoms with Crippen molar-refractivity contribution in [1.82, 2.24) is 4.98 Å². The number of ether oxygens (including phenoxy) is 1. The van der Waals surface area contributed by atoms with Crippen LogP contribution >= 0.6 is 11.6 Å². The first-order valence-corrected chi connectivity index (χ1v) is 7.40. The van der Waals surface area contributed by atoms with Crippen LogP contribution < -0.4 is 0 Å². The van der Waals surface area contributed by atoms with Gasteiger partial charge in [-0.05, 0) is 37.3 Å². The van der Waals surface area contributed by atoms with E-state index in [1.165, 1.54) is 25.7 Å². The number of carbonyl (C=O) groups excluding carboxylic acids is 1. The third-order valence-corrected chi connectivity index (χ3v) is 3.71. The summed E-state index contributed by atoms with van der Waals surface area (Å²) in [4.78, 5) is 16.2. The van der Waals surface area contributed by atoms with Gasteiger partial charge in [-0.15, -0.1) is 0 Å². The lowest BCUT2D eigenvalue weighted by Gasteiger charge is -2.10. The van der Waals surface area contributed by atoms with Crippen LogP contribution in [-0.2, 0) is 11.2 Å². The second-order valence-corrected chi connectivity index (χ2v) is 5.56. The minimum atomic E-state index is -0.284. The number of rotatable bonds is 5. The average molecular weight is 282 g/mol. The predicted molar refractivity (Wildman–Crippen MR) is 75.5 cm³/mol. The highest BCUT2D eigenvalue weighted by atomic mass is 35.5. The Hall–Kier alpha value is -1.09. The fourth-order valence-corrected chi connectivity index (χ4v) is 2.73. The van der Waals surface area contributed by atoms with Crippen LogP contribution in [0.2, 0.25) is 5.15 Å². The molecular weight excluding hydrogens is 262 g/mol. The highest BCUT2D eigenvalue weighted by Gasteiger charge is 2.18. The van der Waals surface area contributed by atoms with Crippen molar-refractivity contribution in [3.63, 3.8) is 0 Å². The zero-order chi connectivity index (χ0) is 13.7. The van der Waals surface area contributed by atoms with E-state index in [0.29, 0.717) is 23.2 Å². The second-order valence-electron chi connectivity index (χ2n) is 5.17. The molecule has 3 nitrogen and oxygen atoms in total. The molecule has 1 fully saturated rings. The molecular formula is C15H20ClNO2. The zero-order valence-corrected chi connectivity index (χ0v) is 12.1. The molecule has 1 aliphatic rings. The lowest BCUT2D eigenvalue weighted by molar-refractivity contribution is 0.0442. The van der Waals surface area contributed by atoms with Gasteiger partial charge < -0.3 is 4.74 Å². The minimum absolute atomic E-state index is 0.284. The summed E-state index contributed by atoms with van der Waals surface area (Å²) in [5.74, 6) is 0.255. The van der Waals surface area contributed by atoms with E-state index in [1.807, 2.05) is 0 Å². The summed E-state index contributed by atoms with van der Waals surface area (Å²) in [5, 5.41) is 0.360. The number of hydrogen-bond acceptors (Lipinski definition) is 3. The van der Waals surface area contributed by atoms with Gasteiger partial charge in [0, 0.05) is 5.69 Å². The van der Waals surface area contributed by atoms with Gasteiger partial charge in [-0.1, -0.05) is 37.8 Å². The molecule has 0 spiro atoms. The fourth-order valence-electron chi connectivity index (χ4n) is 2.51. The third-order valence-electron chi connectivity index (χ3n) is 3.51. The second kappa shape index (κ2) is 6.90. The molecule has 0 aliphatic heterocycles. The van der Waals surface area contributed by atoms with Gasteiger partial charge in [-0.2, -0.15) is 0 Å². The fraction of sp³-hybridized carbons (Fsp3) is 0.600. The van der Waals surface area contributed by atoms with Crippen molar-refractivity contribution >= 4 is 17.6 Å². The predicted octanol–water partition coefficient (Wildman–Crippen LogP) is 4.03. The molecule has 0 amide bonds. The van der Waals surface area contributed by atoms with Crippen LogP contribution in [0.25, 0.3) is 0 Å². The van der Waals surface area contributed by atoms with Crippen molar-refractivity contribution in [2.24, 2.45) is 5.92 Å². The maximum absolute atomic E-state index is 12.0. The molecule has 0 N–H and O–H groups in total.